The molecule has 0 aliphatic heterocycles. The van der Waals surface area contributed by atoms with Gasteiger partial charge in [-0.2, -0.15) is 0 Å². The van der Waals surface area contributed by atoms with Crippen molar-refractivity contribution in [1.29, 1.82) is 5.41 Å². The molecule has 0 saturated carbocycles. The van der Waals surface area contributed by atoms with Crippen LogP contribution in [0.4, 0.5) is 8.78 Å². The highest BCUT2D eigenvalue weighted by atomic mass is 19.2. The number of carboxylic acids is 1. The summed E-state index contributed by atoms with van der Waals surface area (Å²) in [5, 5.41) is 17.8. The molecule has 0 heterocycles. The van der Waals surface area contributed by atoms with Gasteiger partial charge in [0, 0.05) is 19.2 Å². The van der Waals surface area contributed by atoms with E-state index in [2.05, 4.69) is 5.32 Å². The van der Waals surface area contributed by atoms with Gasteiger partial charge in [-0.05, 0) is 13.3 Å². The van der Waals surface area contributed by atoms with Crippen LogP contribution in [-0.2, 0) is 4.79 Å². The summed E-state index contributed by atoms with van der Waals surface area (Å²) in [5.74, 6) is -3.26. The molecule has 0 bridgehead atoms. The lowest BCUT2D eigenvalue weighted by molar-refractivity contribution is -0.142. The molecule has 0 aromatic rings. The summed E-state index contributed by atoms with van der Waals surface area (Å²) in [6.45, 7) is 1.06. The van der Waals surface area contributed by atoms with E-state index in [9.17, 15) is 13.6 Å². The predicted molar refractivity (Wildman–Crippen MR) is 60.4 cm³/mol. The van der Waals surface area contributed by atoms with E-state index in [4.69, 9.17) is 16.2 Å². The largest absolute Gasteiger partial charge is 0.480 e. The first-order valence-corrected chi connectivity index (χ1v) is 5.06. The highest BCUT2D eigenvalue weighted by Crippen LogP contribution is 2.18. The standard InChI is InChI=1S/C10H17F2N3O2/c1-10(14,9(16)17)3-2-7(11)8(12)6-15-5-4-13/h4,13,15H,2-3,5-6,14H2,1H3,(H,16,17)/b8-7-,13-4?/t10-/m1/s1. The Morgan fingerprint density at radius 3 is 2.59 bits per heavy atom. The van der Waals surface area contributed by atoms with Crippen LogP contribution in [-0.4, -0.2) is 35.9 Å². The highest BCUT2D eigenvalue weighted by Gasteiger charge is 2.28. The van der Waals surface area contributed by atoms with Crippen molar-refractivity contribution in [2.45, 2.75) is 25.3 Å². The van der Waals surface area contributed by atoms with Crippen LogP contribution in [0.15, 0.2) is 11.7 Å². The number of hydrogen-bond acceptors (Lipinski definition) is 4. The minimum Gasteiger partial charge on any atom is -0.480 e. The molecule has 0 aliphatic rings. The summed E-state index contributed by atoms with van der Waals surface area (Å²) in [6, 6.07) is 0. The smallest absolute Gasteiger partial charge is 0.323 e. The van der Waals surface area contributed by atoms with Crippen LogP contribution in [0.2, 0.25) is 0 Å². The molecule has 0 rings (SSSR count). The molecule has 17 heavy (non-hydrogen) atoms. The topological polar surface area (TPSA) is 99.2 Å². The second-order valence-corrected chi connectivity index (χ2v) is 3.87. The molecule has 0 saturated heterocycles. The van der Waals surface area contributed by atoms with Crippen molar-refractivity contribution < 1.29 is 18.7 Å². The molecule has 0 radical (unpaired) electrons. The maximum atomic E-state index is 13.2. The zero-order valence-corrected chi connectivity index (χ0v) is 9.59. The van der Waals surface area contributed by atoms with Crippen molar-refractivity contribution in [3.05, 3.63) is 11.7 Å². The summed E-state index contributed by atoms with van der Waals surface area (Å²) in [7, 11) is 0. The lowest BCUT2D eigenvalue weighted by atomic mass is 9.97. The van der Waals surface area contributed by atoms with Gasteiger partial charge in [-0.25, -0.2) is 8.78 Å². The Morgan fingerprint density at radius 1 is 1.53 bits per heavy atom. The van der Waals surface area contributed by atoms with Gasteiger partial charge in [0.15, 0.2) is 0 Å². The van der Waals surface area contributed by atoms with Crippen LogP contribution in [0.25, 0.3) is 0 Å². The van der Waals surface area contributed by atoms with Crippen molar-refractivity contribution in [2.24, 2.45) is 5.73 Å². The molecule has 0 fully saturated rings. The van der Waals surface area contributed by atoms with Gasteiger partial charge in [0.25, 0.3) is 0 Å². The number of carboxylic acid groups (broad SMARTS) is 1. The second-order valence-electron chi connectivity index (χ2n) is 3.87. The molecule has 0 aromatic carbocycles. The normalized spacial score (nSPS) is 16.0. The molecule has 0 aliphatic carbocycles. The monoisotopic (exact) mass is 249 g/mol. The van der Waals surface area contributed by atoms with Gasteiger partial charge in [0.2, 0.25) is 0 Å². The molecule has 5 N–H and O–H groups in total. The summed E-state index contributed by atoms with van der Waals surface area (Å²) >= 11 is 0. The zero-order chi connectivity index (χ0) is 13.5. The maximum Gasteiger partial charge on any atom is 0.323 e. The predicted octanol–water partition coefficient (Wildman–Crippen LogP) is 0.958. The SMILES string of the molecule is C[C@@](N)(CC/C(F)=C(/F)CNCC=N)C(=O)O. The highest BCUT2D eigenvalue weighted by molar-refractivity contribution is 5.77. The molecule has 1 atom stereocenters. The quantitative estimate of drug-likeness (QED) is 0.380. The molecule has 0 spiro atoms. The lowest BCUT2D eigenvalue weighted by Gasteiger charge is -2.18. The first-order valence-electron chi connectivity index (χ1n) is 5.06. The summed E-state index contributed by atoms with van der Waals surface area (Å²) < 4.78 is 26.3. The molecule has 0 unspecified atom stereocenters. The first kappa shape index (κ1) is 15.7. The van der Waals surface area contributed by atoms with Gasteiger partial charge in [-0.15, -0.1) is 0 Å². The number of allylic oxidation sites excluding steroid dienone is 1. The number of aliphatic carboxylic acids is 1. The van der Waals surface area contributed by atoms with Gasteiger partial charge in [-0.3, -0.25) is 4.79 Å². The van der Waals surface area contributed by atoms with Crippen LogP contribution < -0.4 is 11.1 Å². The Kier molecular flexibility index (Phi) is 6.52. The number of nitrogens with two attached hydrogens (primary N) is 1. The Labute approximate surface area is 98.2 Å². The van der Waals surface area contributed by atoms with Crippen molar-refractivity contribution in [3.63, 3.8) is 0 Å². The second kappa shape index (κ2) is 7.08. The van der Waals surface area contributed by atoms with Crippen LogP contribution in [0.5, 0.6) is 0 Å². The minimum atomic E-state index is -1.57. The van der Waals surface area contributed by atoms with Crippen LogP contribution in [0, 0.1) is 5.41 Å². The third-order valence-corrected chi connectivity index (χ3v) is 2.17. The molecule has 0 aromatic heterocycles. The van der Waals surface area contributed by atoms with Crippen molar-refractivity contribution in [2.75, 3.05) is 13.1 Å². The number of halogens is 2. The van der Waals surface area contributed by atoms with Gasteiger partial charge in [0.05, 0.1) is 6.54 Å². The Hall–Kier alpha value is -1.34. The number of hydrogen-bond donors (Lipinski definition) is 4. The van der Waals surface area contributed by atoms with E-state index >= 15 is 0 Å². The van der Waals surface area contributed by atoms with E-state index in [0.29, 0.717) is 0 Å². The minimum absolute atomic E-state index is 0.143. The van der Waals surface area contributed by atoms with Gasteiger partial charge < -0.3 is 21.6 Å². The number of rotatable bonds is 8. The van der Waals surface area contributed by atoms with Crippen molar-refractivity contribution >= 4 is 12.2 Å². The fourth-order valence-electron chi connectivity index (χ4n) is 0.962. The van der Waals surface area contributed by atoms with Crippen molar-refractivity contribution in [1.82, 2.24) is 5.32 Å². The summed E-state index contributed by atoms with van der Waals surface area (Å²) in [6.07, 6.45) is 0.468. The van der Waals surface area contributed by atoms with E-state index in [1.54, 1.807) is 0 Å². The van der Waals surface area contributed by atoms with Gasteiger partial charge in [-0.1, -0.05) is 0 Å². The zero-order valence-electron chi connectivity index (χ0n) is 9.59. The Bertz CT molecular complexity index is 317. The third-order valence-electron chi connectivity index (χ3n) is 2.17. The first-order chi connectivity index (χ1) is 7.81. The number of carbonyl (C=O) groups is 1. The molecule has 7 heteroatoms. The third kappa shape index (κ3) is 6.08. The van der Waals surface area contributed by atoms with Crippen LogP contribution in [0.1, 0.15) is 19.8 Å². The van der Waals surface area contributed by atoms with E-state index in [0.717, 1.165) is 6.21 Å². The lowest BCUT2D eigenvalue weighted by Crippen LogP contribution is -2.44. The van der Waals surface area contributed by atoms with E-state index in [1.807, 2.05) is 0 Å². The summed E-state index contributed by atoms with van der Waals surface area (Å²) in [5.41, 5.74) is 3.80. The molecule has 98 valence electrons. The van der Waals surface area contributed by atoms with Gasteiger partial charge in [0.1, 0.15) is 17.2 Å². The van der Waals surface area contributed by atoms with E-state index in [-0.39, 0.29) is 25.9 Å². The van der Waals surface area contributed by atoms with Crippen molar-refractivity contribution in [3.8, 4) is 0 Å². The molecular weight excluding hydrogens is 232 g/mol. The fraction of sp³-hybridized carbons (Fsp3) is 0.600. The molecule has 5 nitrogen and oxygen atoms in total. The number of nitrogens with one attached hydrogen (secondary N) is 2. The van der Waals surface area contributed by atoms with E-state index < -0.39 is 23.2 Å². The van der Waals surface area contributed by atoms with Crippen LogP contribution >= 0.6 is 0 Å². The average Bonchev–Trinajstić information content (AvgIpc) is 2.26. The molecular formula is C10H17F2N3O2. The maximum absolute atomic E-state index is 13.2. The van der Waals surface area contributed by atoms with Crippen LogP contribution in [0.3, 0.4) is 0 Å². The fourth-order valence-corrected chi connectivity index (χ4v) is 0.962. The molecule has 0 amide bonds. The Balaban J connectivity index is 4.23. The Morgan fingerprint density at radius 2 is 2.12 bits per heavy atom. The van der Waals surface area contributed by atoms with E-state index in [1.165, 1.54) is 6.92 Å². The van der Waals surface area contributed by atoms with Gasteiger partial charge >= 0.3 is 5.97 Å². The average molecular weight is 249 g/mol. The summed E-state index contributed by atoms with van der Waals surface area (Å²) in [4.78, 5) is 10.6.